The summed E-state index contributed by atoms with van der Waals surface area (Å²) in [5.41, 5.74) is 1.99. The van der Waals surface area contributed by atoms with Gasteiger partial charge in [0.25, 0.3) is 0 Å². The summed E-state index contributed by atoms with van der Waals surface area (Å²) in [7, 11) is 4.15. The van der Waals surface area contributed by atoms with Crippen LogP contribution in [0.4, 0.5) is 5.69 Å². The Bertz CT molecular complexity index is 460. The Kier molecular flexibility index (Phi) is 5.47. The molecule has 0 fully saturated rings. The van der Waals surface area contributed by atoms with E-state index in [1.165, 1.54) is 0 Å². The Morgan fingerprint density at radius 2 is 1.83 bits per heavy atom. The van der Waals surface area contributed by atoms with Gasteiger partial charge in [-0.3, -0.25) is 4.79 Å². The van der Waals surface area contributed by atoms with Gasteiger partial charge in [0.2, 0.25) is 5.43 Å². The molecule has 4 heteroatoms. The van der Waals surface area contributed by atoms with E-state index in [9.17, 15) is 4.79 Å². The molecule has 0 amide bonds. The average molecular weight is 268 g/mol. The van der Waals surface area contributed by atoms with Crippen molar-refractivity contribution in [1.29, 1.82) is 0 Å². The van der Waals surface area contributed by atoms with Crippen molar-refractivity contribution >= 4 is 17.9 Å². The molecule has 1 aromatic carbocycles. The minimum atomic E-state index is 0.0764. The van der Waals surface area contributed by atoms with Gasteiger partial charge < -0.3 is 9.80 Å². The summed E-state index contributed by atoms with van der Waals surface area (Å²) in [6.45, 7) is 9.35. The zero-order valence-corrected chi connectivity index (χ0v) is 12.9. The number of anilines is 1. The van der Waals surface area contributed by atoms with Crippen molar-refractivity contribution < 1.29 is 0 Å². The van der Waals surface area contributed by atoms with Crippen LogP contribution < -0.4 is 10.3 Å². The smallest absolute Gasteiger partial charge is 0.204 e. The lowest BCUT2D eigenvalue weighted by atomic mass is 9.96. The summed E-state index contributed by atoms with van der Waals surface area (Å²) < 4.78 is 0.519. The molecule has 0 spiro atoms. The van der Waals surface area contributed by atoms with Crippen molar-refractivity contribution in [2.24, 2.45) is 0 Å². The topological polar surface area (TPSA) is 23.6 Å². The van der Waals surface area contributed by atoms with Crippen molar-refractivity contribution in [3.8, 4) is 0 Å². The van der Waals surface area contributed by atoms with Gasteiger partial charge in [-0.25, -0.2) is 0 Å². The van der Waals surface area contributed by atoms with Crippen LogP contribution in [0.1, 0.15) is 38.7 Å². The first-order valence-corrected chi connectivity index (χ1v) is 7.03. The van der Waals surface area contributed by atoms with Gasteiger partial charge in [-0.05, 0) is 32.5 Å². The number of rotatable bonds is 7. The van der Waals surface area contributed by atoms with Gasteiger partial charge in [0.05, 0.1) is 5.69 Å². The SMILES string of the molecule is CCN(C)CCCN(C)c1c(C(C)C)c(=O)c1=S. The molecule has 0 bridgehead atoms. The average Bonchev–Trinajstić information content (AvgIpc) is 2.33. The van der Waals surface area contributed by atoms with Crippen LogP contribution in [0.5, 0.6) is 0 Å². The van der Waals surface area contributed by atoms with Gasteiger partial charge in [0.15, 0.2) is 0 Å². The number of hydrogen-bond acceptors (Lipinski definition) is 4. The van der Waals surface area contributed by atoms with E-state index in [0.717, 1.165) is 37.3 Å². The second-order valence-corrected chi connectivity index (χ2v) is 5.65. The molecule has 0 atom stereocenters. The molecule has 0 N–H and O–H groups in total. The fourth-order valence-electron chi connectivity index (χ4n) is 2.16. The maximum absolute atomic E-state index is 11.7. The standard InChI is InChI=1S/C14H24N2OS/c1-6-15(4)8-7-9-16(5)12-11(10(2)3)13(17)14(12)18/h10H,6-9H2,1-5H3. The number of hydrogen-bond donors (Lipinski definition) is 0. The van der Waals surface area contributed by atoms with E-state index in [1.807, 2.05) is 20.9 Å². The Morgan fingerprint density at radius 1 is 1.22 bits per heavy atom. The third-order valence-corrected chi connectivity index (χ3v) is 3.83. The van der Waals surface area contributed by atoms with Crippen molar-refractivity contribution in [1.82, 2.24) is 4.90 Å². The Labute approximate surface area is 115 Å². The summed E-state index contributed by atoms with van der Waals surface area (Å²) in [5.74, 6) is 0.264. The molecule has 0 saturated heterocycles. The van der Waals surface area contributed by atoms with Crippen LogP contribution in [0.3, 0.4) is 0 Å². The highest BCUT2D eigenvalue weighted by Gasteiger charge is 2.22. The van der Waals surface area contributed by atoms with Crippen LogP contribution in [0, 0.1) is 4.51 Å². The van der Waals surface area contributed by atoms with E-state index in [4.69, 9.17) is 12.2 Å². The van der Waals surface area contributed by atoms with Crippen molar-refractivity contribution in [3.05, 3.63) is 20.3 Å². The van der Waals surface area contributed by atoms with Gasteiger partial charge in [-0.2, -0.15) is 0 Å². The monoisotopic (exact) mass is 268 g/mol. The Balaban J connectivity index is 2.63. The van der Waals surface area contributed by atoms with Gasteiger partial charge in [-0.1, -0.05) is 33.0 Å². The summed E-state index contributed by atoms with van der Waals surface area (Å²) in [5, 5.41) is 0. The molecule has 0 aliphatic carbocycles. The zero-order chi connectivity index (χ0) is 13.9. The minimum Gasteiger partial charge on any atom is -0.373 e. The quantitative estimate of drug-likeness (QED) is 0.709. The summed E-state index contributed by atoms with van der Waals surface area (Å²) in [6.07, 6.45) is 1.09. The number of nitrogens with zero attached hydrogens (tertiary/aromatic N) is 2. The molecule has 0 heterocycles. The lowest BCUT2D eigenvalue weighted by Gasteiger charge is -2.26. The second kappa shape index (κ2) is 6.43. The van der Waals surface area contributed by atoms with Crippen LogP contribution in [0.25, 0.3) is 0 Å². The van der Waals surface area contributed by atoms with Crippen LogP contribution >= 0.6 is 12.2 Å². The predicted octanol–water partition coefficient (Wildman–Crippen LogP) is 2.55. The van der Waals surface area contributed by atoms with Gasteiger partial charge in [0.1, 0.15) is 4.51 Å². The largest absolute Gasteiger partial charge is 0.373 e. The fraction of sp³-hybridized carbons (Fsp3) is 0.714. The Morgan fingerprint density at radius 3 is 2.33 bits per heavy atom. The molecule has 0 radical (unpaired) electrons. The summed E-state index contributed by atoms with van der Waals surface area (Å²) in [4.78, 5) is 16.1. The van der Waals surface area contributed by atoms with Crippen LogP contribution in [-0.4, -0.2) is 38.6 Å². The van der Waals surface area contributed by atoms with E-state index in [1.54, 1.807) is 0 Å². The van der Waals surface area contributed by atoms with Crippen LogP contribution in [0.15, 0.2) is 4.79 Å². The van der Waals surface area contributed by atoms with E-state index in [2.05, 4.69) is 23.8 Å². The molecule has 0 aromatic heterocycles. The first kappa shape index (κ1) is 15.3. The van der Waals surface area contributed by atoms with Gasteiger partial charge in [-0.15, -0.1) is 0 Å². The second-order valence-electron chi connectivity index (χ2n) is 5.25. The Hall–Kier alpha value is -0.740. The summed E-state index contributed by atoms with van der Waals surface area (Å²) in [6, 6.07) is 0. The normalized spacial score (nSPS) is 11.7. The van der Waals surface area contributed by atoms with E-state index in [0.29, 0.717) is 4.51 Å². The van der Waals surface area contributed by atoms with Crippen molar-refractivity contribution in [3.63, 3.8) is 0 Å². The first-order valence-electron chi connectivity index (χ1n) is 6.63. The summed E-state index contributed by atoms with van der Waals surface area (Å²) >= 11 is 5.17. The van der Waals surface area contributed by atoms with Crippen LogP contribution in [-0.2, 0) is 0 Å². The highest BCUT2D eigenvalue weighted by molar-refractivity contribution is 7.71. The lowest BCUT2D eigenvalue weighted by Crippen LogP contribution is -2.31. The van der Waals surface area contributed by atoms with Gasteiger partial charge in [0, 0.05) is 19.2 Å². The predicted molar refractivity (Wildman–Crippen MR) is 81.1 cm³/mol. The van der Waals surface area contributed by atoms with E-state index < -0.39 is 0 Å². The molecular formula is C14H24N2OS. The molecule has 1 rings (SSSR count). The van der Waals surface area contributed by atoms with E-state index >= 15 is 0 Å². The van der Waals surface area contributed by atoms with Crippen LogP contribution in [0.2, 0.25) is 0 Å². The minimum absolute atomic E-state index is 0.0764. The third-order valence-electron chi connectivity index (χ3n) is 3.45. The molecule has 0 unspecified atom stereocenters. The van der Waals surface area contributed by atoms with Crippen molar-refractivity contribution in [2.75, 3.05) is 38.6 Å². The molecule has 1 aromatic rings. The van der Waals surface area contributed by atoms with Gasteiger partial charge >= 0.3 is 0 Å². The molecule has 3 nitrogen and oxygen atoms in total. The molecule has 102 valence electrons. The highest BCUT2D eigenvalue weighted by atomic mass is 32.1. The molecular weight excluding hydrogens is 244 g/mol. The highest BCUT2D eigenvalue weighted by Crippen LogP contribution is 2.28. The third kappa shape index (κ3) is 3.18. The zero-order valence-electron chi connectivity index (χ0n) is 12.1. The molecule has 18 heavy (non-hydrogen) atoms. The molecule has 0 aliphatic rings. The van der Waals surface area contributed by atoms with E-state index in [-0.39, 0.29) is 11.3 Å². The van der Waals surface area contributed by atoms with Crippen molar-refractivity contribution in [2.45, 2.75) is 33.1 Å². The maximum atomic E-state index is 11.7. The fourth-order valence-corrected chi connectivity index (χ4v) is 2.54. The molecule has 0 saturated carbocycles. The molecule has 0 aliphatic heterocycles. The first-order chi connectivity index (χ1) is 8.40. The maximum Gasteiger partial charge on any atom is 0.204 e. The lowest BCUT2D eigenvalue weighted by molar-refractivity contribution is 0.348.